The highest BCUT2D eigenvalue weighted by atomic mass is 16.5. The Bertz CT molecular complexity index is 1490. The van der Waals surface area contributed by atoms with Crippen LogP contribution in [0.25, 0.3) is 22.6 Å². The van der Waals surface area contributed by atoms with Crippen molar-refractivity contribution in [1.29, 1.82) is 0 Å². The lowest BCUT2D eigenvalue weighted by Crippen LogP contribution is -2.39. The Morgan fingerprint density at radius 1 is 1.03 bits per heavy atom. The van der Waals surface area contributed by atoms with E-state index in [1.54, 1.807) is 0 Å². The minimum absolute atomic E-state index is 0.103. The van der Waals surface area contributed by atoms with Crippen molar-refractivity contribution in [1.82, 2.24) is 24.4 Å². The second-order valence-corrected chi connectivity index (χ2v) is 9.44. The van der Waals surface area contributed by atoms with Crippen molar-refractivity contribution in [2.45, 2.75) is 39.8 Å². The summed E-state index contributed by atoms with van der Waals surface area (Å²) in [4.78, 5) is 50.1. The Labute approximate surface area is 208 Å². The number of hydrogen-bond donors (Lipinski definition) is 1. The van der Waals surface area contributed by atoms with Crippen molar-refractivity contribution in [3.8, 4) is 11.5 Å². The van der Waals surface area contributed by atoms with Gasteiger partial charge in [-0.2, -0.15) is 4.98 Å². The second-order valence-electron chi connectivity index (χ2n) is 9.44. The number of carbonyl (C=O) groups is 1. The summed E-state index contributed by atoms with van der Waals surface area (Å²) in [6, 6.07) is 13.7. The van der Waals surface area contributed by atoms with Crippen LogP contribution in [-0.4, -0.2) is 50.0 Å². The number of rotatable bonds is 6. The molecule has 0 spiro atoms. The van der Waals surface area contributed by atoms with Crippen LogP contribution in [-0.2, 0) is 22.7 Å². The molecule has 0 aromatic heterocycles. The molecule has 1 saturated heterocycles. The van der Waals surface area contributed by atoms with Crippen molar-refractivity contribution in [2.75, 3.05) is 19.6 Å². The van der Waals surface area contributed by atoms with Gasteiger partial charge in [-0.25, -0.2) is 9.78 Å². The molecule has 0 atom stereocenters. The van der Waals surface area contributed by atoms with E-state index >= 15 is 0 Å². The maximum atomic E-state index is 12.6. The van der Waals surface area contributed by atoms with Crippen molar-refractivity contribution in [3.63, 3.8) is 0 Å². The monoisotopic (exact) mass is 487 g/mol. The van der Waals surface area contributed by atoms with E-state index in [1.165, 1.54) is 0 Å². The van der Waals surface area contributed by atoms with Crippen LogP contribution in [0.4, 0.5) is 0 Å². The SMILES string of the molecule is Cc1cc2nc3c(=O)[nH]c(=O)nc-3n(CCN3CCC(C(=O)OCc4ccccc4)CC3)c2cc1C. The third-order valence-corrected chi connectivity index (χ3v) is 7.01. The number of piperidine rings is 1. The van der Waals surface area contributed by atoms with E-state index in [0.29, 0.717) is 31.0 Å². The van der Waals surface area contributed by atoms with E-state index < -0.39 is 11.2 Å². The second kappa shape index (κ2) is 10.0. The van der Waals surface area contributed by atoms with Gasteiger partial charge in [0.1, 0.15) is 6.61 Å². The Kier molecular flexibility index (Phi) is 6.65. The summed E-state index contributed by atoms with van der Waals surface area (Å²) in [5.74, 6) is 0.0456. The zero-order valence-electron chi connectivity index (χ0n) is 20.5. The van der Waals surface area contributed by atoms with Gasteiger partial charge in [0.05, 0.1) is 17.0 Å². The normalized spacial score (nSPS) is 14.9. The molecule has 0 saturated carbocycles. The van der Waals surface area contributed by atoms with Crippen LogP contribution < -0.4 is 11.2 Å². The number of nitrogens with one attached hydrogen (secondary N) is 1. The number of esters is 1. The molecule has 3 aliphatic heterocycles. The topological polar surface area (TPSA) is 110 Å². The third-order valence-electron chi connectivity index (χ3n) is 7.01. The van der Waals surface area contributed by atoms with Crippen LogP contribution in [0.3, 0.4) is 0 Å². The smallest absolute Gasteiger partial charge is 0.349 e. The van der Waals surface area contributed by atoms with Gasteiger partial charge in [-0.1, -0.05) is 30.3 Å². The number of aromatic nitrogens is 4. The lowest BCUT2D eigenvalue weighted by Gasteiger charge is -2.31. The van der Waals surface area contributed by atoms with Crippen molar-refractivity contribution in [2.24, 2.45) is 5.92 Å². The Morgan fingerprint density at radius 2 is 1.75 bits per heavy atom. The number of H-pyrrole nitrogens is 1. The minimum Gasteiger partial charge on any atom is -0.461 e. The van der Waals surface area contributed by atoms with Gasteiger partial charge in [0, 0.05) is 13.1 Å². The molecule has 3 heterocycles. The van der Waals surface area contributed by atoms with Crippen molar-refractivity contribution >= 4 is 17.0 Å². The number of fused-ring (bicyclic) bond motifs is 2. The average molecular weight is 488 g/mol. The Morgan fingerprint density at radius 3 is 2.50 bits per heavy atom. The standard InChI is InChI=1S/C27H29N5O4/c1-17-14-21-22(15-18(17)2)32(24-23(28-21)25(33)30-27(35)29-24)13-12-31-10-8-20(9-11-31)26(34)36-16-19-6-4-3-5-7-19/h3-7,14-15,20H,8-13,16H2,1-2H3,(H,30,33,35). The number of aromatic amines is 1. The molecule has 1 fully saturated rings. The van der Waals surface area contributed by atoms with Gasteiger partial charge in [-0.15, -0.1) is 0 Å². The summed E-state index contributed by atoms with van der Waals surface area (Å²) in [6.45, 7) is 7.10. The largest absolute Gasteiger partial charge is 0.461 e. The highest BCUT2D eigenvalue weighted by molar-refractivity contribution is 5.81. The number of hydrogen-bond acceptors (Lipinski definition) is 7. The molecule has 2 aromatic rings. The molecular formula is C27H29N5O4. The predicted octanol–water partition coefficient (Wildman–Crippen LogP) is 2.66. The summed E-state index contributed by atoms with van der Waals surface area (Å²) >= 11 is 0. The molecule has 3 aliphatic rings. The maximum absolute atomic E-state index is 12.6. The van der Waals surface area contributed by atoms with E-state index in [1.807, 2.05) is 60.9 Å². The number of carbonyl (C=O) groups excluding carboxylic acids is 1. The first-order valence-corrected chi connectivity index (χ1v) is 12.2. The zero-order chi connectivity index (χ0) is 25.2. The molecule has 0 unspecified atom stereocenters. The first-order chi connectivity index (χ1) is 17.4. The Hall–Kier alpha value is -3.85. The molecule has 1 N–H and O–H groups in total. The molecule has 5 rings (SSSR count). The summed E-state index contributed by atoms with van der Waals surface area (Å²) in [5, 5.41) is 0. The number of benzene rings is 2. The van der Waals surface area contributed by atoms with Crippen molar-refractivity contribution in [3.05, 3.63) is 80.0 Å². The van der Waals surface area contributed by atoms with Gasteiger partial charge < -0.3 is 14.2 Å². The quantitative estimate of drug-likeness (QED) is 0.329. The van der Waals surface area contributed by atoms with Gasteiger partial charge in [-0.05, 0) is 68.6 Å². The summed E-state index contributed by atoms with van der Waals surface area (Å²) < 4.78 is 7.45. The van der Waals surface area contributed by atoms with Gasteiger partial charge in [-0.3, -0.25) is 14.6 Å². The lowest BCUT2D eigenvalue weighted by atomic mass is 9.97. The van der Waals surface area contributed by atoms with Gasteiger partial charge in [0.25, 0.3) is 5.56 Å². The van der Waals surface area contributed by atoms with E-state index in [-0.39, 0.29) is 17.6 Å². The van der Waals surface area contributed by atoms with Crippen LogP contribution in [0.5, 0.6) is 0 Å². The predicted molar refractivity (Wildman–Crippen MR) is 136 cm³/mol. The van der Waals surface area contributed by atoms with Gasteiger partial charge >= 0.3 is 11.7 Å². The fraction of sp³-hybridized carbons (Fsp3) is 0.370. The van der Waals surface area contributed by atoms with Crippen LogP contribution in [0.2, 0.25) is 0 Å². The number of ether oxygens (including phenoxy) is 1. The molecule has 0 aliphatic carbocycles. The van der Waals surface area contributed by atoms with Gasteiger partial charge in [0.15, 0.2) is 11.5 Å². The molecule has 2 aromatic carbocycles. The van der Waals surface area contributed by atoms with E-state index in [9.17, 15) is 14.4 Å². The number of aryl methyl sites for hydroxylation is 2. The van der Waals surface area contributed by atoms with E-state index in [0.717, 1.165) is 48.1 Å². The lowest BCUT2D eigenvalue weighted by molar-refractivity contribution is -0.151. The van der Waals surface area contributed by atoms with Crippen LogP contribution in [0, 0.1) is 19.8 Å². The van der Waals surface area contributed by atoms with E-state index in [4.69, 9.17) is 4.74 Å². The van der Waals surface area contributed by atoms with Crippen molar-refractivity contribution < 1.29 is 9.53 Å². The highest BCUT2D eigenvalue weighted by Gasteiger charge is 2.27. The summed E-state index contributed by atoms with van der Waals surface area (Å²) in [7, 11) is 0. The van der Waals surface area contributed by atoms with Crippen LogP contribution >= 0.6 is 0 Å². The molecular weight excluding hydrogens is 458 g/mol. The minimum atomic E-state index is -0.680. The van der Waals surface area contributed by atoms with Crippen LogP contribution in [0.15, 0.2) is 52.1 Å². The highest BCUT2D eigenvalue weighted by Crippen LogP contribution is 2.25. The molecule has 36 heavy (non-hydrogen) atoms. The molecule has 9 nitrogen and oxygen atoms in total. The molecule has 0 amide bonds. The maximum Gasteiger partial charge on any atom is 0.349 e. The fourth-order valence-corrected chi connectivity index (χ4v) is 4.76. The number of likely N-dealkylation sites (tertiary alicyclic amines) is 1. The average Bonchev–Trinajstić information content (AvgIpc) is 2.87. The first kappa shape index (κ1) is 23.9. The fourth-order valence-electron chi connectivity index (χ4n) is 4.76. The summed E-state index contributed by atoms with van der Waals surface area (Å²) in [6.07, 6.45) is 1.47. The molecule has 0 bridgehead atoms. The summed E-state index contributed by atoms with van der Waals surface area (Å²) in [5.41, 5.74) is 3.63. The first-order valence-electron chi connectivity index (χ1n) is 12.2. The Balaban J connectivity index is 1.29. The van der Waals surface area contributed by atoms with E-state index in [2.05, 4.69) is 19.9 Å². The molecule has 186 valence electrons. The van der Waals surface area contributed by atoms with Crippen LogP contribution in [0.1, 0.15) is 29.5 Å². The zero-order valence-corrected chi connectivity index (χ0v) is 20.5. The van der Waals surface area contributed by atoms with Gasteiger partial charge in [0.2, 0.25) is 0 Å². The number of nitrogens with zero attached hydrogens (tertiary/aromatic N) is 4. The molecule has 9 heteroatoms. The molecule has 0 radical (unpaired) electrons. The third kappa shape index (κ3) is 4.92.